The number of aryl methyl sites for hydroxylation is 1. The van der Waals surface area contributed by atoms with Crippen LogP contribution in [0.3, 0.4) is 0 Å². The van der Waals surface area contributed by atoms with Crippen LogP contribution in [0.5, 0.6) is 5.75 Å². The maximum atomic E-state index is 5.61. The highest BCUT2D eigenvalue weighted by Gasteiger charge is 2.12. The Bertz CT molecular complexity index is 439. The van der Waals surface area contributed by atoms with E-state index in [1.54, 1.807) is 29.8 Å². The summed E-state index contributed by atoms with van der Waals surface area (Å²) in [6.45, 7) is 0. The largest absolute Gasteiger partial charge is 0.496 e. The summed E-state index contributed by atoms with van der Waals surface area (Å²) in [4.78, 5) is 2.62. The van der Waals surface area contributed by atoms with Crippen LogP contribution in [0.1, 0.15) is 22.2 Å². The first-order valence-electron chi connectivity index (χ1n) is 5.44. The molecule has 0 aromatic carbocycles. The fraction of sp³-hybridized carbons (Fsp3) is 0.333. The van der Waals surface area contributed by atoms with Crippen molar-refractivity contribution in [3.05, 3.63) is 38.7 Å². The van der Waals surface area contributed by atoms with Gasteiger partial charge >= 0.3 is 0 Å². The molecule has 0 saturated carbocycles. The van der Waals surface area contributed by atoms with Gasteiger partial charge in [-0.25, -0.2) is 0 Å². The second kappa shape index (κ2) is 6.16. The molecule has 0 aliphatic carbocycles. The minimum Gasteiger partial charge on any atom is -0.496 e. The Labute approximate surface area is 109 Å². The van der Waals surface area contributed by atoms with Gasteiger partial charge in [-0.1, -0.05) is 6.07 Å². The molecule has 92 valence electrons. The molecule has 5 heteroatoms. The molecule has 0 fully saturated rings. The molecule has 3 nitrogen and oxygen atoms in total. The fourth-order valence-corrected chi connectivity index (χ4v) is 3.35. The minimum absolute atomic E-state index is 0.200. The quantitative estimate of drug-likeness (QED) is 0.625. The van der Waals surface area contributed by atoms with Crippen molar-refractivity contribution in [3.8, 4) is 5.75 Å². The summed E-state index contributed by atoms with van der Waals surface area (Å²) in [6.07, 6.45) is 2.05. The summed E-state index contributed by atoms with van der Waals surface area (Å²) >= 11 is 3.47. The molecule has 0 bridgehead atoms. The van der Waals surface area contributed by atoms with E-state index in [1.165, 1.54) is 9.75 Å². The van der Waals surface area contributed by atoms with Crippen LogP contribution < -0.4 is 16.0 Å². The zero-order valence-corrected chi connectivity index (χ0v) is 11.3. The topological polar surface area (TPSA) is 47.3 Å². The van der Waals surface area contributed by atoms with Crippen molar-refractivity contribution in [1.29, 1.82) is 0 Å². The number of thiophene rings is 2. The average Bonchev–Trinajstić information content (AvgIpc) is 3.00. The lowest BCUT2D eigenvalue weighted by Gasteiger charge is -2.13. The zero-order valence-electron chi connectivity index (χ0n) is 9.68. The molecule has 2 rings (SSSR count). The van der Waals surface area contributed by atoms with Crippen LogP contribution in [0.2, 0.25) is 0 Å². The predicted octanol–water partition coefficient (Wildman–Crippen LogP) is 2.96. The zero-order chi connectivity index (χ0) is 12.1. The van der Waals surface area contributed by atoms with Gasteiger partial charge in [0.2, 0.25) is 0 Å². The van der Waals surface area contributed by atoms with E-state index in [1.807, 2.05) is 11.4 Å². The van der Waals surface area contributed by atoms with Crippen molar-refractivity contribution in [2.24, 2.45) is 5.84 Å². The van der Waals surface area contributed by atoms with E-state index < -0.39 is 0 Å². The van der Waals surface area contributed by atoms with Crippen molar-refractivity contribution in [2.45, 2.75) is 18.9 Å². The lowest BCUT2D eigenvalue weighted by atomic mass is 10.1. The van der Waals surface area contributed by atoms with Gasteiger partial charge in [0.05, 0.1) is 13.2 Å². The third-order valence-corrected chi connectivity index (χ3v) is 4.60. The first kappa shape index (κ1) is 12.6. The van der Waals surface area contributed by atoms with E-state index in [2.05, 4.69) is 22.9 Å². The maximum Gasteiger partial charge on any atom is 0.129 e. The van der Waals surface area contributed by atoms with Crippen LogP contribution in [0.25, 0.3) is 0 Å². The Balaban J connectivity index is 1.96. The number of hydrazine groups is 1. The third-order valence-electron chi connectivity index (χ3n) is 2.64. The molecule has 0 aliphatic rings. The number of nitrogens with two attached hydrogens (primary N) is 1. The van der Waals surface area contributed by atoms with E-state index in [0.717, 1.165) is 18.6 Å². The Hall–Kier alpha value is -0.880. The summed E-state index contributed by atoms with van der Waals surface area (Å²) in [5.74, 6) is 6.52. The molecule has 0 aliphatic heterocycles. The van der Waals surface area contributed by atoms with Crippen molar-refractivity contribution in [2.75, 3.05) is 7.11 Å². The van der Waals surface area contributed by atoms with Crippen LogP contribution in [-0.2, 0) is 6.42 Å². The molecule has 17 heavy (non-hydrogen) atoms. The summed E-state index contributed by atoms with van der Waals surface area (Å²) in [5.41, 5.74) is 2.88. The monoisotopic (exact) mass is 268 g/mol. The van der Waals surface area contributed by atoms with Gasteiger partial charge in [0, 0.05) is 15.1 Å². The van der Waals surface area contributed by atoms with Crippen LogP contribution in [-0.4, -0.2) is 7.11 Å². The Kier molecular flexibility index (Phi) is 4.56. The molecule has 0 saturated heterocycles. The SMILES string of the molecule is COc1csc(C(CCc2cccs2)NN)c1. The smallest absolute Gasteiger partial charge is 0.129 e. The summed E-state index contributed by atoms with van der Waals surface area (Å²) in [6, 6.07) is 6.49. The van der Waals surface area contributed by atoms with Crippen molar-refractivity contribution in [3.63, 3.8) is 0 Å². The number of hydrogen-bond acceptors (Lipinski definition) is 5. The van der Waals surface area contributed by atoms with E-state index in [9.17, 15) is 0 Å². The van der Waals surface area contributed by atoms with Gasteiger partial charge < -0.3 is 4.74 Å². The predicted molar refractivity (Wildman–Crippen MR) is 73.6 cm³/mol. The summed E-state index contributed by atoms with van der Waals surface area (Å²) in [7, 11) is 1.68. The molecule has 3 N–H and O–H groups in total. The highest BCUT2D eigenvalue weighted by molar-refractivity contribution is 7.10. The number of hydrogen-bond donors (Lipinski definition) is 2. The lowest BCUT2D eigenvalue weighted by molar-refractivity contribution is 0.415. The number of rotatable bonds is 6. The Morgan fingerprint density at radius 1 is 1.47 bits per heavy atom. The third kappa shape index (κ3) is 3.29. The minimum atomic E-state index is 0.200. The summed E-state index contributed by atoms with van der Waals surface area (Å²) < 4.78 is 5.18. The van der Waals surface area contributed by atoms with Gasteiger partial charge in [-0.2, -0.15) is 0 Å². The van der Waals surface area contributed by atoms with Gasteiger partial charge in [-0.3, -0.25) is 11.3 Å². The molecular formula is C12H16N2OS2. The van der Waals surface area contributed by atoms with Crippen LogP contribution in [0, 0.1) is 0 Å². The van der Waals surface area contributed by atoms with E-state index in [4.69, 9.17) is 10.6 Å². The number of methoxy groups -OCH3 is 1. The highest BCUT2D eigenvalue weighted by Crippen LogP contribution is 2.29. The van der Waals surface area contributed by atoms with Gasteiger partial charge in [-0.05, 0) is 30.4 Å². The van der Waals surface area contributed by atoms with Crippen LogP contribution in [0.4, 0.5) is 0 Å². The Morgan fingerprint density at radius 3 is 2.94 bits per heavy atom. The highest BCUT2D eigenvalue weighted by atomic mass is 32.1. The molecule has 2 heterocycles. The van der Waals surface area contributed by atoms with Crippen molar-refractivity contribution >= 4 is 22.7 Å². The standard InChI is InChI=1S/C12H16N2OS2/c1-15-9-7-12(17-8-9)11(14-13)5-4-10-3-2-6-16-10/h2-3,6-8,11,14H,4-5,13H2,1H3. The van der Waals surface area contributed by atoms with E-state index >= 15 is 0 Å². The second-order valence-corrected chi connectivity index (χ2v) is 5.70. The molecule has 0 spiro atoms. The molecule has 2 aromatic rings. The molecular weight excluding hydrogens is 252 g/mol. The van der Waals surface area contributed by atoms with Gasteiger partial charge in [0.15, 0.2) is 0 Å². The summed E-state index contributed by atoms with van der Waals surface area (Å²) in [5, 5.41) is 4.11. The molecule has 2 aromatic heterocycles. The normalized spacial score (nSPS) is 12.6. The first-order chi connectivity index (χ1) is 8.33. The second-order valence-electron chi connectivity index (χ2n) is 3.73. The number of nitrogens with one attached hydrogen (secondary N) is 1. The van der Waals surface area contributed by atoms with E-state index in [0.29, 0.717) is 0 Å². The van der Waals surface area contributed by atoms with E-state index in [-0.39, 0.29) is 6.04 Å². The average molecular weight is 268 g/mol. The van der Waals surface area contributed by atoms with Crippen LogP contribution in [0.15, 0.2) is 29.0 Å². The van der Waals surface area contributed by atoms with Gasteiger partial charge in [0.25, 0.3) is 0 Å². The fourth-order valence-electron chi connectivity index (χ4n) is 1.67. The first-order valence-corrected chi connectivity index (χ1v) is 7.20. The molecule has 1 unspecified atom stereocenters. The molecule has 0 amide bonds. The van der Waals surface area contributed by atoms with Gasteiger partial charge in [-0.15, -0.1) is 22.7 Å². The number of ether oxygens (including phenoxy) is 1. The van der Waals surface area contributed by atoms with Crippen molar-refractivity contribution in [1.82, 2.24) is 5.43 Å². The maximum absolute atomic E-state index is 5.61. The molecule has 0 radical (unpaired) electrons. The van der Waals surface area contributed by atoms with Gasteiger partial charge in [0.1, 0.15) is 5.75 Å². The van der Waals surface area contributed by atoms with Crippen molar-refractivity contribution < 1.29 is 4.74 Å². The van der Waals surface area contributed by atoms with Crippen LogP contribution >= 0.6 is 22.7 Å². The Morgan fingerprint density at radius 2 is 2.35 bits per heavy atom. The molecule has 1 atom stereocenters. The lowest BCUT2D eigenvalue weighted by Crippen LogP contribution is -2.27.